The van der Waals surface area contributed by atoms with Crippen LogP contribution in [0.3, 0.4) is 0 Å². The van der Waals surface area contributed by atoms with E-state index in [1.165, 1.54) is 17.7 Å². The van der Waals surface area contributed by atoms with Crippen LogP contribution in [0.15, 0.2) is 34.3 Å². The van der Waals surface area contributed by atoms with Gasteiger partial charge in [-0.2, -0.15) is 0 Å². The molecule has 0 bridgehead atoms. The summed E-state index contributed by atoms with van der Waals surface area (Å²) < 4.78 is 11.8. The van der Waals surface area contributed by atoms with Crippen LogP contribution < -0.4 is 25.1 Å². The Balaban J connectivity index is 1.70. The molecule has 5 rings (SSSR count). The Labute approximate surface area is 133 Å². The normalized spacial score (nSPS) is 17.3. The van der Waals surface area contributed by atoms with Gasteiger partial charge in [-0.1, -0.05) is 0 Å². The molecule has 0 unspecified atom stereocenters. The SMILES string of the molecule is CN1CCCc2cc3c(cc21)Oc1cc2c(cc1=N3)OCCN=2. The van der Waals surface area contributed by atoms with Crippen LogP contribution in [0.1, 0.15) is 12.0 Å². The van der Waals surface area contributed by atoms with Crippen molar-refractivity contribution in [2.75, 3.05) is 31.6 Å². The Bertz CT molecular complexity index is 936. The zero-order chi connectivity index (χ0) is 15.4. The molecule has 0 amide bonds. The maximum Gasteiger partial charge on any atom is 0.155 e. The minimum absolute atomic E-state index is 0.628. The van der Waals surface area contributed by atoms with Gasteiger partial charge in [0.15, 0.2) is 11.5 Å². The Hall–Kier alpha value is -2.56. The second-order valence-corrected chi connectivity index (χ2v) is 6.21. The molecule has 5 heteroatoms. The van der Waals surface area contributed by atoms with E-state index in [1.54, 1.807) is 0 Å². The van der Waals surface area contributed by atoms with E-state index in [4.69, 9.17) is 14.5 Å². The number of aryl methyl sites for hydroxylation is 1. The molecular weight excluding hydrogens is 290 g/mol. The van der Waals surface area contributed by atoms with E-state index in [-0.39, 0.29) is 0 Å². The van der Waals surface area contributed by atoms with Crippen molar-refractivity contribution in [2.24, 2.45) is 9.98 Å². The highest BCUT2D eigenvalue weighted by Gasteiger charge is 2.21. The third kappa shape index (κ3) is 2.00. The van der Waals surface area contributed by atoms with Crippen LogP contribution in [-0.4, -0.2) is 26.7 Å². The van der Waals surface area contributed by atoms with Gasteiger partial charge in [-0.3, -0.25) is 4.99 Å². The molecule has 3 aliphatic rings. The van der Waals surface area contributed by atoms with Crippen molar-refractivity contribution in [1.82, 2.24) is 0 Å². The quantitative estimate of drug-likeness (QED) is 0.639. The zero-order valence-electron chi connectivity index (χ0n) is 13.0. The van der Waals surface area contributed by atoms with Crippen LogP contribution in [0.4, 0.5) is 11.4 Å². The van der Waals surface area contributed by atoms with Crippen molar-refractivity contribution in [1.29, 1.82) is 0 Å². The van der Waals surface area contributed by atoms with Gasteiger partial charge in [0.05, 0.1) is 6.54 Å². The summed E-state index contributed by atoms with van der Waals surface area (Å²) in [5.74, 6) is 2.37. The Kier molecular flexibility index (Phi) is 2.65. The van der Waals surface area contributed by atoms with Crippen LogP contribution >= 0.6 is 0 Å². The highest BCUT2D eigenvalue weighted by Crippen LogP contribution is 2.40. The Morgan fingerprint density at radius 1 is 1.04 bits per heavy atom. The van der Waals surface area contributed by atoms with Gasteiger partial charge in [0.25, 0.3) is 0 Å². The summed E-state index contributed by atoms with van der Waals surface area (Å²) in [6, 6.07) is 8.14. The molecule has 116 valence electrons. The van der Waals surface area contributed by atoms with E-state index in [0.29, 0.717) is 13.2 Å². The molecule has 2 aromatic rings. The van der Waals surface area contributed by atoms with Crippen LogP contribution in [0, 0.1) is 0 Å². The highest BCUT2D eigenvalue weighted by atomic mass is 16.5. The molecule has 0 radical (unpaired) electrons. The summed E-state index contributed by atoms with van der Waals surface area (Å²) in [6.45, 7) is 2.41. The number of nitrogens with zero attached hydrogens (tertiary/aromatic N) is 3. The van der Waals surface area contributed by atoms with Gasteiger partial charge in [0.2, 0.25) is 0 Å². The smallest absolute Gasteiger partial charge is 0.155 e. The van der Waals surface area contributed by atoms with Crippen LogP contribution in [0.2, 0.25) is 0 Å². The summed E-state index contributed by atoms with van der Waals surface area (Å²) in [5.41, 5.74) is 3.50. The van der Waals surface area contributed by atoms with Gasteiger partial charge in [0.1, 0.15) is 28.8 Å². The number of benzene rings is 2. The zero-order valence-corrected chi connectivity index (χ0v) is 13.0. The molecule has 0 aliphatic carbocycles. The predicted octanol–water partition coefficient (Wildman–Crippen LogP) is 2.14. The highest BCUT2D eigenvalue weighted by molar-refractivity contribution is 5.69. The lowest BCUT2D eigenvalue weighted by Crippen LogP contribution is -2.25. The maximum atomic E-state index is 6.12. The lowest BCUT2D eigenvalue weighted by atomic mass is 10.0. The molecular formula is C18H17N3O2. The standard InChI is InChI=1S/C18H17N3O2/c1-21-5-2-3-11-7-13-18(10-15(11)21)23-17-8-12-16(9-14(17)20-13)22-6-4-19-12/h7-10H,2-6H2,1H3. The second kappa shape index (κ2) is 4.72. The second-order valence-electron chi connectivity index (χ2n) is 6.21. The number of fused-ring (bicyclic) bond motifs is 4. The summed E-state index contributed by atoms with van der Waals surface area (Å²) in [7, 11) is 2.13. The lowest BCUT2D eigenvalue weighted by Gasteiger charge is -2.29. The molecule has 0 saturated heterocycles. The van der Waals surface area contributed by atoms with Gasteiger partial charge >= 0.3 is 0 Å². The minimum atomic E-state index is 0.628. The van der Waals surface area contributed by atoms with Gasteiger partial charge in [-0.15, -0.1) is 0 Å². The Morgan fingerprint density at radius 2 is 1.96 bits per heavy atom. The van der Waals surface area contributed by atoms with Crippen LogP contribution in [0.5, 0.6) is 17.2 Å². The van der Waals surface area contributed by atoms with Crippen molar-refractivity contribution in [3.8, 4) is 17.2 Å². The predicted molar refractivity (Wildman–Crippen MR) is 86.9 cm³/mol. The summed E-state index contributed by atoms with van der Waals surface area (Å²) in [4.78, 5) is 11.6. The molecule has 3 heterocycles. The van der Waals surface area contributed by atoms with E-state index >= 15 is 0 Å². The first-order valence-electron chi connectivity index (χ1n) is 8.04. The summed E-state index contributed by atoms with van der Waals surface area (Å²) >= 11 is 0. The van der Waals surface area contributed by atoms with E-state index in [2.05, 4.69) is 29.1 Å². The largest absolute Gasteiger partial charge is 0.489 e. The molecule has 0 aromatic heterocycles. The van der Waals surface area contributed by atoms with Crippen LogP contribution in [0.25, 0.3) is 0 Å². The fourth-order valence-electron chi connectivity index (χ4n) is 3.47. The van der Waals surface area contributed by atoms with Crippen molar-refractivity contribution < 1.29 is 9.47 Å². The molecule has 0 fully saturated rings. The van der Waals surface area contributed by atoms with E-state index in [0.717, 1.165) is 46.6 Å². The Morgan fingerprint density at radius 3 is 2.91 bits per heavy atom. The minimum Gasteiger partial charge on any atom is -0.489 e. The first kappa shape index (κ1) is 12.9. The fraction of sp³-hybridized carbons (Fsp3) is 0.333. The number of anilines is 1. The van der Waals surface area contributed by atoms with Crippen molar-refractivity contribution in [3.05, 3.63) is 40.5 Å². The molecule has 0 spiro atoms. The third-order valence-electron chi connectivity index (χ3n) is 4.64. The van der Waals surface area contributed by atoms with E-state index in [1.807, 2.05) is 12.1 Å². The summed E-state index contributed by atoms with van der Waals surface area (Å²) in [5, 5.41) is 1.67. The molecule has 0 atom stereocenters. The monoisotopic (exact) mass is 307 g/mol. The maximum absolute atomic E-state index is 6.12. The number of ether oxygens (including phenoxy) is 2. The van der Waals surface area contributed by atoms with Crippen molar-refractivity contribution in [2.45, 2.75) is 12.8 Å². The van der Waals surface area contributed by atoms with E-state index in [9.17, 15) is 0 Å². The molecule has 23 heavy (non-hydrogen) atoms. The fourth-order valence-corrected chi connectivity index (χ4v) is 3.47. The molecule has 5 nitrogen and oxygen atoms in total. The molecule has 3 aliphatic heterocycles. The van der Waals surface area contributed by atoms with Gasteiger partial charge in [-0.25, -0.2) is 4.99 Å². The van der Waals surface area contributed by atoms with Gasteiger partial charge < -0.3 is 14.4 Å². The first-order chi connectivity index (χ1) is 11.3. The van der Waals surface area contributed by atoms with Gasteiger partial charge in [0, 0.05) is 37.5 Å². The van der Waals surface area contributed by atoms with Crippen LogP contribution in [-0.2, 0) is 6.42 Å². The molecule has 0 N–H and O–H groups in total. The number of hydrogen-bond acceptors (Lipinski definition) is 5. The topological polar surface area (TPSA) is 46.4 Å². The first-order valence-corrected chi connectivity index (χ1v) is 8.04. The number of rotatable bonds is 0. The number of hydrogen-bond donors (Lipinski definition) is 0. The summed E-state index contributed by atoms with van der Waals surface area (Å²) in [6.07, 6.45) is 2.28. The average Bonchev–Trinajstić information content (AvgIpc) is 2.57. The van der Waals surface area contributed by atoms with Gasteiger partial charge in [-0.05, 0) is 24.5 Å². The molecule has 0 saturated carbocycles. The average molecular weight is 307 g/mol. The van der Waals surface area contributed by atoms with E-state index < -0.39 is 0 Å². The van der Waals surface area contributed by atoms with Crippen molar-refractivity contribution in [3.63, 3.8) is 0 Å². The van der Waals surface area contributed by atoms with Crippen molar-refractivity contribution >= 4 is 11.4 Å². The molecule has 2 aromatic carbocycles. The third-order valence-corrected chi connectivity index (χ3v) is 4.64. The lowest BCUT2D eigenvalue weighted by molar-refractivity contribution is 0.308.